The van der Waals surface area contributed by atoms with E-state index < -0.39 is 5.97 Å². The Morgan fingerprint density at radius 2 is 2.33 bits per heavy atom. The zero-order valence-corrected chi connectivity index (χ0v) is 5.42. The van der Waals surface area contributed by atoms with Crippen LogP contribution in [0.2, 0.25) is 0 Å². The fourth-order valence-electron chi connectivity index (χ4n) is 0.525. The van der Waals surface area contributed by atoms with Crippen molar-refractivity contribution in [3.05, 3.63) is 11.6 Å². The normalized spacial score (nSPS) is 11.6. The third kappa shape index (κ3) is 2.87. The van der Waals surface area contributed by atoms with Crippen molar-refractivity contribution in [3.63, 3.8) is 0 Å². The summed E-state index contributed by atoms with van der Waals surface area (Å²) in [7, 11) is 0. The molecule has 0 aliphatic carbocycles. The Morgan fingerprint density at radius 1 is 1.78 bits per heavy atom. The van der Waals surface area contributed by atoms with E-state index in [0.717, 1.165) is 0 Å². The van der Waals surface area contributed by atoms with Crippen molar-refractivity contribution in [1.29, 1.82) is 0 Å². The maximum Gasteiger partial charge on any atom is 0.331 e. The van der Waals surface area contributed by atoms with E-state index in [-0.39, 0.29) is 0 Å². The molecule has 0 radical (unpaired) electrons. The predicted octanol–water partition coefficient (Wildman–Crippen LogP) is 0.366. The molecule has 0 aliphatic heterocycles. The van der Waals surface area contributed by atoms with Crippen LogP contribution in [0.1, 0.15) is 13.3 Å². The number of hydrogen-bond donors (Lipinski definition) is 2. The van der Waals surface area contributed by atoms with Crippen molar-refractivity contribution < 1.29 is 9.90 Å². The Kier molecular flexibility index (Phi) is 3.71. The molecule has 3 heteroatoms. The van der Waals surface area contributed by atoms with E-state index in [4.69, 9.17) is 10.8 Å². The summed E-state index contributed by atoms with van der Waals surface area (Å²) in [6.07, 6.45) is 2.05. The summed E-state index contributed by atoms with van der Waals surface area (Å²) < 4.78 is 0. The topological polar surface area (TPSA) is 63.3 Å². The van der Waals surface area contributed by atoms with E-state index in [2.05, 4.69) is 0 Å². The van der Waals surface area contributed by atoms with Crippen LogP contribution in [0.15, 0.2) is 11.6 Å². The maximum atomic E-state index is 10.2. The van der Waals surface area contributed by atoms with Crippen LogP contribution in [0, 0.1) is 0 Å². The molecular weight excluding hydrogens is 118 g/mol. The van der Waals surface area contributed by atoms with E-state index in [1.54, 1.807) is 6.92 Å². The molecule has 9 heavy (non-hydrogen) atoms. The predicted molar refractivity (Wildman–Crippen MR) is 35.1 cm³/mol. The summed E-state index contributed by atoms with van der Waals surface area (Å²) in [4.78, 5) is 10.2. The first-order chi connectivity index (χ1) is 4.22. The van der Waals surface area contributed by atoms with Gasteiger partial charge >= 0.3 is 5.97 Å². The van der Waals surface area contributed by atoms with Gasteiger partial charge in [0.05, 0.1) is 0 Å². The van der Waals surface area contributed by atoms with Crippen molar-refractivity contribution >= 4 is 5.97 Å². The molecule has 0 spiro atoms. The molecule has 0 aromatic carbocycles. The number of nitrogens with two attached hydrogens (primary N) is 1. The lowest BCUT2D eigenvalue weighted by molar-refractivity contribution is -0.132. The van der Waals surface area contributed by atoms with Crippen LogP contribution in [0.25, 0.3) is 0 Å². The molecule has 0 rings (SSSR count). The lowest BCUT2D eigenvalue weighted by atomic mass is 10.2. The van der Waals surface area contributed by atoms with Gasteiger partial charge in [-0.05, 0) is 6.42 Å². The standard InChI is InChI=1S/C6H11NO2/c1-2-5(3-4-7)6(8)9/h3H,2,4,7H2,1H3,(H,8,9). The van der Waals surface area contributed by atoms with Crippen LogP contribution in [-0.2, 0) is 4.79 Å². The van der Waals surface area contributed by atoms with Crippen molar-refractivity contribution in [2.24, 2.45) is 5.73 Å². The maximum absolute atomic E-state index is 10.2. The first kappa shape index (κ1) is 8.17. The van der Waals surface area contributed by atoms with Crippen molar-refractivity contribution in [2.75, 3.05) is 6.54 Å². The molecule has 0 saturated heterocycles. The van der Waals surface area contributed by atoms with Gasteiger partial charge in [-0.15, -0.1) is 0 Å². The van der Waals surface area contributed by atoms with E-state index in [1.165, 1.54) is 6.08 Å². The van der Waals surface area contributed by atoms with Gasteiger partial charge in [0.2, 0.25) is 0 Å². The van der Waals surface area contributed by atoms with E-state index in [0.29, 0.717) is 18.5 Å². The molecule has 3 nitrogen and oxygen atoms in total. The highest BCUT2D eigenvalue weighted by Crippen LogP contribution is 1.97. The van der Waals surface area contributed by atoms with Gasteiger partial charge in [0.1, 0.15) is 0 Å². The monoisotopic (exact) mass is 129 g/mol. The summed E-state index contributed by atoms with van der Waals surface area (Å²) in [6.45, 7) is 2.09. The van der Waals surface area contributed by atoms with Gasteiger partial charge in [0, 0.05) is 12.1 Å². The molecule has 0 bridgehead atoms. The third-order valence-electron chi connectivity index (χ3n) is 1.02. The number of hydrogen-bond acceptors (Lipinski definition) is 2. The van der Waals surface area contributed by atoms with Gasteiger partial charge in [-0.1, -0.05) is 13.0 Å². The van der Waals surface area contributed by atoms with Crippen LogP contribution in [0.3, 0.4) is 0 Å². The smallest absolute Gasteiger partial charge is 0.331 e. The minimum atomic E-state index is -0.872. The molecule has 0 aromatic heterocycles. The number of rotatable bonds is 3. The Labute approximate surface area is 54.2 Å². The largest absolute Gasteiger partial charge is 0.478 e. The highest BCUT2D eigenvalue weighted by molar-refractivity contribution is 5.86. The minimum absolute atomic E-state index is 0.301. The molecule has 0 saturated carbocycles. The lowest BCUT2D eigenvalue weighted by Crippen LogP contribution is -2.03. The Hall–Kier alpha value is -0.830. The fraction of sp³-hybridized carbons (Fsp3) is 0.500. The highest BCUT2D eigenvalue weighted by atomic mass is 16.4. The number of carbonyl (C=O) groups is 1. The number of aliphatic carboxylic acids is 1. The Morgan fingerprint density at radius 3 is 2.44 bits per heavy atom. The van der Waals surface area contributed by atoms with E-state index in [1.807, 2.05) is 0 Å². The van der Waals surface area contributed by atoms with Gasteiger partial charge in [0.25, 0.3) is 0 Å². The molecule has 0 atom stereocenters. The highest BCUT2D eigenvalue weighted by Gasteiger charge is 2.00. The molecule has 0 fully saturated rings. The van der Waals surface area contributed by atoms with Gasteiger partial charge in [-0.3, -0.25) is 0 Å². The average Bonchev–Trinajstić information content (AvgIpc) is 1.82. The first-order valence-corrected chi connectivity index (χ1v) is 2.84. The van der Waals surface area contributed by atoms with Crippen LogP contribution >= 0.6 is 0 Å². The average molecular weight is 129 g/mol. The summed E-state index contributed by atoms with van der Waals surface area (Å²) in [6, 6.07) is 0. The second kappa shape index (κ2) is 4.09. The SMILES string of the molecule is CCC(=CCN)C(=O)O. The molecule has 0 amide bonds. The molecule has 0 aromatic rings. The molecule has 3 N–H and O–H groups in total. The molecule has 0 unspecified atom stereocenters. The van der Waals surface area contributed by atoms with Gasteiger partial charge in [0.15, 0.2) is 0 Å². The van der Waals surface area contributed by atoms with Crippen LogP contribution in [0.5, 0.6) is 0 Å². The lowest BCUT2D eigenvalue weighted by Gasteiger charge is -1.93. The molecule has 0 heterocycles. The van der Waals surface area contributed by atoms with Crippen LogP contribution in [-0.4, -0.2) is 17.6 Å². The van der Waals surface area contributed by atoms with E-state index >= 15 is 0 Å². The number of carboxylic acid groups (broad SMARTS) is 1. The quantitative estimate of drug-likeness (QED) is 0.541. The van der Waals surface area contributed by atoms with Crippen molar-refractivity contribution in [2.45, 2.75) is 13.3 Å². The van der Waals surface area contributed by atoms with Crippen molar-refractivity contribution in [1.82, 2.24) is 0 Å². The Balaban J connectivity index is 3.98. The van der Waals surface area contributed by atoms with Gasteiger partial charge in [-0.2, -0.15) is 0 Å². The summed E-state index contributed by atoms with van der Waals surface area (Å²) in [5.41, 5.74) is 5.49. The second-order valence-electron chi connectivity index (χ2n) is 1.62. The fourth-order valence-corrected chi connectivity index (χ4v) is 0.525. The minimum Gasteiger partial charge on any atom is -0.478 e. The number of carboxylic acids is 1. The summed E-state index contributed by atoms with van der Waals surface area (Å²) >= 11 is 0. The van der Waals surface area contributed by atoms with E-state index in [9.17, 15) is 4.79 Å². The summed E-state index contributed by atoms with van der Waals surface area (Å²) in [5, 5.41) is 8.38. The third-order valence-corrected chi connectivity index (χ3v) is 1.02. The van der Waals surface area contributed by atoms with Crippen LogP contribution in [0.4, 0.5) is 0 Å². The Bertz CT molecular complexity index is 129. The van der Waals surface area contributed by atoms with Crippen molar-refractivity contribution in [3.8, 4) is 0 Å². The van der Waals surface area contributed by atoms with Gasteiger partial charge in [-0.25, -0.2) is 4.79 Å². The molecular formula is C6H11NO2. The second-order valence-corrected chi connectivity index (χ2v) is 1.62. The van der Waals surface area contributed by atoms with Gasteiger partial charge < -0.3 is 10.8 Å². The summed E-state index contributed by atoms with van der Waals surface area (Å²) in [5.74, 6) is -0.872. The first-order valence-electron chi connectivity index (χ1n) is 2.84. The molecule has 52 valence electrons. The zero-order valence-electron chi connectivity index (χ0n) is 5.42. The zero-order chi connectivity index (χ0) is 7.28. The molecule has 0 aliphatic rings. The van der Waals surface area contributed by atoms with Crippen LogP contribution < -0.4 is 5.73 Å².